The summed E-state index contributed by atoms with van der Waals surface area (Å²) in [6.07, 6.45) is -9.93. The van der Waals surface area contributed by atoms with E-state index < -0.39 is 186 Å². The monoisotopic (exact) mass is 1660 g/mol. The van der Waals surface area contributed by atoms with E-state index in [-0.39, 0.29) is 103 Å². The number of esters is 5. The summed E-state index contributed by atoms with van der Waals surface area (Å²) in [5, 5.41) is 0. The third-order valence-corrected chi connectivity index (χ3v) is 22.8. The number of nitrogens with zero attached hydrogens (tertiary/aromatic N) is 4. The van der Waals surface area contributed by atoms with Crippen LogP contribution in [-0.4, -0.2) is 170 Å². The highest BCUT2D eigenvalue weighted by Crippen LogP contribution is 2.53. The minimum absolute atomic E-state index is 0.0143. The van der Waals surface area contributed by atoms with Crippen LogP contribution in [0.4, 0.5) is 45.2 Å². The van der Waals surface area contributed by atoms with E-state index in [2.05, 4.69) is 17.9 Å². The predicted octanol–water partition coefficient (Wildman–Crippen LogP) is 15.0. The molecule has 0 bridgehead atoms. The van der Waals surface area contributed by atoms with Crippen LogP contribution in [0.2, 0.25) is 0 Å². The van der Waals surface area contributed by atoms with Crippen LogP contribution < -0.4 is 4.90 Å². The van der Waals surface area contributed by atoms with Gasteiger partial charge in [-0.2, -0.15) is 39.5 Å². The molecule has 32 heteroatoms. The molecule has 0 N–H and O–H groups in total. The van der Waals surface area contributed by atoms with Gasteiger partial charge < -0.3 is 28.4 Å². The number of benzene rings is 5. The summed E-state index contributed by atoms with van der Waals surface area (Å²) in [6.45, 7) is 15.2. The Bertz CT molecular complexity index is 5040. The molecule has 4 heterocycles. The highest BCUT2D eigenvalue weighted by atomic mass is 19.4. The van der Waals surface area contributed by atoms with E-state index in [1.54, 1.807) is 13.8 Å². The molecule has 0 saturated heterocycles. The Hall–Kier alpha value is -11.7. The number of hydrogen-bond donors (Lipinski definition) is 0. The largest absolute Gasteiger partial charge is 0.467 e. The molecule has 5 aromatic rings. The molecular weight excluding hydrogens is 1580 g/mol. The third kappa shape index (κ3) is 17.2. The van der Waals surface area contributed by atoms with Crippen LogP contribution in [0.15, 0.2) is 146 Å². The van der Waals surface area contributed by atoms with E-state index >= 15 is 39.5 Å². The molecule has 6 atom stereocenters. The third-order valence-electron chi connectivity index (χ3n) is 22.8. The standard InChI is InChI=1S/C87H87F9N4O19/c1-12-40-116-65(76(110)114-10)47-80(3,4)78(112)117-41-20-16-14-18-38-97-68(102)57-34-26-51(43-61(57)70(97)104)83(8,86(91,92)93)53-28-36-59-63(45-53)74(108)99(72(59)106)55-30-22-49(23-31-55)82(7,85(88,89)90)50-24-32-56(33-25-50)100-73(107)60-37-29-54(46-64(60)75(100)109)84(9,87(94,95)96)52-27-35-58-62(44-52)71(105)98(69(58)103)39-19-15-17-21-42-118-79(113)81(5,6)48-66(77(111)115-11)119-67(101)13-2/h12-13,22,24-37,43-46,49,65-66H,1-2,14-21,23,38-42,47-48H2,3-11H3. The van der Waals surface area contributed by atoms with Crippen LogP contribution in [0.3, 0.4) is 0 Å². The molecule has 8 amide bonds. The molecular formula is C87H87F9N4O19. The van der Waals surface area contributed by atoms with Crippen molar-refractivity contribution in [3.05, 3.63) is 219 Å². The Morgan fingerprint density at radius 1 is 0.454 bits per heavy atom. The summed E-state index contributed by atoms with van der Waals surface area (Å²) in [4.78, 5) is 177. The number of rotatable bonds is 35. The first-order valence-corrected chi connectivity index (χ1v) is 38.1. The van der Waals surface area contributed by atoms with E-state index in [0.29, 0.717) is 48.3 Å². The van der Waals surface area contributed by atoms with Crippen molar-refractivity contribution < 1.29 is 130 Å². The predicted molar refractivity (Wildman–Crippen MR) is 408 cm³/mol. The van der Waals surface area contributed by atoms with Gasteiger partial charge >= 0.3 is 48.4 Å². The highest BCUT2D eigenvalue weighted by molar-refractivity contribution is 6.34. The Morgan fingerprint density at radius 3 is 1.20 bits per heavy atom. The number of fused-ring (bicyclic) bond motifs is 4. The first kappa shape index (κ1) is 89.6. The second-order valence-corrected chi connectivity index (χ2v) is 31.3. The molecule has 119 heavy (non-hydrogen) atoms. The van der Waals surface area contributed by atoms with Gasteiger partial charge in [-0.3, -0.25) is 57.7 Å². The number of carbonyl (C=O) groups excluding carboxylic acids is 13. The molecule has 10 rings (SSSR count). The fraction of sp³-hybridized carbons (Fsp3) is 0.414. The topological polar surface area (TPSA) is 290 Å². The summed E-state index contributed by atoms with van der Waals surface area (Å²) in [6, 6.07) is 15.9. The number of halogens is 9. The summed E-state index contributed by atoms with van der Waals surface area (Å²) in [5.41, 5.74) is -16.9. The maximum atomic E-state index is 15.7. The van der Waals surface area contributed by atoms with Crippen LogP contribution in [0.25, 0.3) is 0 Å². The zero-order chi connectivity index (χ0) is 87.6. The lowest BCUT2D eigenvalue weighted by atomic mass is 9.68. The number of ether oxygens (including phenoxy) is 6. The van der Waals surface area contributed by atoms with Gasteiger partial charge in [-0.15, -0.1) is 6.58 Å². The number of anilines is 1. The number of amides is 8. The Balaban J connectivity index is 0.757. The zero-order valence-corrected chi connectivity index (χ0v) is 66.5. The molecule has 0 aromatic heterocycles. The Labute approximate surface area is 678 Å². The van der Waals surface area contributed by atoms with Gasteiger partial charge in [-0.1, -0.05) is 74.0 Å². The minimum Gasteiger partial charge on any atom is -0.467 e. The van der Waals surface area contributed by atoms with Gasteiger partial charge in [-0.05, 0) is 200 Å². The molecule has 5 aromatic carbocycles. The van der Waals surface area contributed by atoms with Crippen LogP contribution in [0, 0.1) is 16.7 Å². The fourth-order valence-corrected chi connectivity index (χ4v) is 15.2. The highest BCUT2D eigenvalue weighted by Gasteiger charge is 2.59. The van der Waals surface area contributed by atoms with Crippen molar-refractivity contribution >= 4 is 82.8 Å². The lowest BCUT2D eigenvalue weighted by molar-refractivity contribution is -0.196. The van der Waals surface area contributed by atoms with Gasteiger partial charge in [0.1, 0.15) is 10.8 Å². The van der Waals surface area contributed by atoms with Crippen LogP contribution in [0.5, 0.6) is 0 Å². The quantitative estimate of drug-likeness (QED) is 0.00692. The van der Waals surface area contributed by atoms with Crippen molar-refractivity contribution in [3.8, 4) is 0 Å². The van der Waals surface area contributed by atoms with E-state index in [4.69, 9.17) is 23.7 Å². The molecule has 0 fully saturated rings. The SMILES string of the molecule is C=CCOC(CC(C)(C)C(=O)OCCCCCCN1C(=O)c2ccc(C(C)(c3ccc4c(c3)C(=O)N(C3=CCC(C(C)(c5ccc(N6C(=O)c7ccc(C(C)(c8ccc9c(c8)C(=O)N(CCCCCCOC(=O)C(C)(C)CC(OC(=O)C=C)C(=O)OC)C9=O)C(F)(F)F)cc7C6=O)cc5)C(F)(F)F)C=C3)C4=O)C(F)(F)F)cc2C1=O)C(=O)OC. The summed E-state index contributed by atoms with van der Waals surface area (Å²) < 4.78 is 172. The number of imide groups is 4. The molecule has 4 aliphatic heterocycles. The van der Waals surface area contributed by atoms with Crippen molar-refractivity contribution in [2.75, 3.05) is 52.0 Å². The minimum atomic E-state index is -5.17. The van der Waals surface area contributed by atoms with E-state index in [9.17, 15) is 62.3 Å². The molecule has 5 aliphatic rings. The van der Waals surface area contributed by atoms with Gasteiger partial charge in [0.2, 0.25) is 0 Å². The second-order valence-electron chi connectivity index (χ2n) is 31.3. The normalized spacial score (nSPS) is 17.5. The van der Waals surface area contributed by atoms with Gasteiger partial charge in [0.25, 0.3) is 47.3 Å². The maximum absolute atomic E-state index is 15.7. The van der Waals surface area contributed by atoms with E-state index in [1.807, 2.05) is 0 Å². The molecule has 1 aliphatic carbocycles. The number of alkyl halides is 9. The second kappa shape index (κ2) is 34.7. The van der Waals surface area contributed by atoms with Gasteiger partial charge in [0.05, 0.1) is 100 Å². The smallest absolute Gasteiger partial charge is 0.402 e. The van der Waals surface area contributed by atoms with Gasteiger partial charge in [-0.25, -0.2) is 24.2 Å². The van der Waals surface area contributed by atoms with Crippen molar-refractivity contribution in [2.24, 2.45) is 16.7 Å². The number of unbranched alkanes of at least 4 members (excludes halogenated alkanes) is 6. The van der Waals surface area contributed by atoms with Crippen molar-refractivity contribution in [2.45, 2.75) is 166 Å². The lowest BCUT2D eigenvalue weighted by Crippen LogP contribution is -2.46. The summed E-state index contributed by atoms with van der Waals surface area (Å²) in [5.74, 6) is -12.8. The number of carbonyl (C=O) groups is 13. The average molecular weight is 1660 g/mol. The van der Waals surface area contributed by atoms with Crippen molar-refractivity contribution in [1.82, 2.24) is 14.7 Å². The lowest BCUT2D eigenvalue weighted by Gasteiger charge is -2.39. The molecule has 23 nitrogen and oxygen atoms in total. The first-order chi connectivity index (χ1) is 55.8. The van der Waals surface area contributed by atoms with Crippen molar-refractivity contribution in [3.63, 3.8) is 0 Å². The number of hydrogen-bond acceptors (Lipinski definition) is 19. The first-order valence-electron chi connectivity index (χ1n) is 38.1. The van der Waals surface area contributed by atoms with Gasteiger partial charge in [0, 0.05) is 31.3 Å². The van der Waals surface area contributed by atoms with Gasteiger partial charge in [0.15, 0.2) is 12.2 Å². The maximum Gasteiger partial charge on any atom is 0.402 e. The zero-order valence-electron chi connectivity index (χ0n) is 66.5. The molecule has 632 valence electrons. The summed E-state index contributed by atoms with van der Waals surface area (Å²) >= 11 is 0. The fourth-order valence-electron chi connectivity index (χ4n) is 15.2. The van der Waals surface area contributed by atoms with Crippen LogP contribution in [0.1, 0.15) is 230 Å². The molecule has 0 saturated carbocycles. The Morgan fingerprint density at radius 2 is 0.815 bits per heavy atom. The molecule has 0 radical (unpaired) electrons. The molecule has 6 unspecified atom stereocenters. The average Bonchev–Trinajstić information content (AvgIpc) is 1.65. The number of allylic oxidation sites excluding steroid dienone is 3. The van der Waals surface area contributed by atoms with E-state index in [1.165, 1.54) is 33.1 Å². The number of methoxy groups -OCH3 is 2. The summed E-state index contributed by atoms with van der Waals surface area (Å²) in [7, 11) is 2.27. The Kier molecular flexibility index (Phi) is 26.1. The van der Waals surface area contributed by atoms with E-state index in [0.717, 1.165) is 153 Å². The molecule has 0 spiro atoms. The van der Waals surface area contributed by atoms with Crippen LogP contribution in [-0.2, 0) is 68.6 Å². The van der Waals surface area contributed by atoms with Crippen molar-refractivity contribution in [1.29, 1.82) is 0 Å². The van der Waals surface area contributed by atoms with Crippen LogP contribution >= 0.6 is 0 Å².